The fourth-order valence-electron chi connectivity index (χ4n) is 2.27. The average Bonchev–Trinajstić information content (AvgIpc) is 3.11. The maximum absolute atomic E-state index is 6.19. The van der Waals surface area contributed by atoms with Crippen molar-refractivity contribution >= 4 is 11.6 Å². The van der Waals surface area contributed by atoms with Crippen molar-refractivity contribution in [2.75, 3.05) is 6.61 Å². The summed E-state index contributed by atoms with van der Waals surface area (Å²) < 4.78 is 11.2. The zero-order valence-corrected chi connectivity index (χ0v) is 12.1. The molecule has 18 heavy (non-hydrogen) atoms. The Morgan fingerprint density at radius 1 is 1.28 bits per heavy atom. The van der Waals surface area contributed by atoms with E-state index in [9.17, 15) is 0 Å². The van der Waals surface area contributed by atoms with Gasteiger partial charge in [-0.25, -0.2) is 0 Å². The quantitative estimate of drug-likeness (QED) is 0.723. The Hall–Kier alpha value is -0.730. The number of ether oxygens (including phenoxy) is 2. The molecule has 1 saturated heterocycles. The Morgan fingerprint density at radius 2 is 2.06 bits per heavy atom. The zero-order valence-electron chi connectivity index (χ0n) is 11.3. The van der Waals surface area contributed by atoms with Crippen LogP contribution < -0.4 is 4.74 Å². The molecule has 0 N–H and O–H groups in total. The highest BCUT2D eigenvalue weighted by Gasteiger charge is 2.36. The largest absolute Gasteiger partial charge is 0.494 e. The first-order valence-electron chi connectivity index (χ1n) is 6.73. The second-order valence-electron chi connectivity index (χ2n) is 4.80. The molecule has 1 aromatic rings. The summed E-state index contributed by atoms with van der Waals surface area (Å²) in [6, 6.07) is 4.07. The Balaban J connectivity index is 2.03. The number of aryl methyl sites for hydroxylation is 2. The summed E-state index contributed by atoms with van der Waals surface area (Å²) in [5, 5.41) is 0.817. The highest BCUT2D eigenvalue weighted by molar-refractivity contribution is 6.31. The molecule has 100 valence electrons. The fraction of sp³-hybridized carbons (Fsp3) is 0.600. The third-order valence-corrected chi connectivity index (χ3v) is 3.84. The monoisotopic (exact) mass is 268 g/mol. The number of hydrogen-bond acceptors (Lipinski definition) is 2. The molecule has 1 aliphatic rings. The van der Waals surface area contributed by atoms with Gasteiger partial charge < -0.3 is 9.47 Å². The van der Waals surface area contributed by atoms with Gasteiger partial charge in [0.15, 0.2) is 0 Å². The standard InChI is InChI=1S/C15H21ClO2/c1-4-13-14(18-13)7-6-11-9-12(16)10(3)8-15(11)17-5-2/h8-9,13-14H,4-7H2,1-3H3. The molecule has 2 rings (SSSR count). The van der Waals surface area contributed by atoms with Gasteiger partial charge in [-0.2, -0.15) is 0 Å². The molecule has 0 aliphatic carbocycles. The van der Waals surface area contributed by atoms with Crippen LogP contribution in [0.4, 0.5) is 0 Å². The topological polar surface area (TPSA) is 21.8 Å². The number of rotatable bonds is 6. The van der Waals surface area contributed by atoms with Crippen LogP contribution in [0, 0.1) is 6.92 Å². The number of hydrogen-bond donors (Lipinski definition) is 0. The van der Waals surface area contributed by atoms with Crippen LogP contribution in [0.5, 0.6) is 5.75 Å². The fourth-order valence-corrected chi connectivity index (χ4v) is 2.46. The van der Waals surface area contributed by atoms with Crippen molar-refractivity contribution in [3.05, 3.63) is 28.3 Å². The van der Waals surface area contributed by atoms with Crippen molar-refractivity contribution in [3.8, 4) is 5.75 Å². The lowest BCUT2D eigenvalue weighted by Crippen LogP contribution is -2.01. The third-order valence-electron chi connectivity index (χ3n) is 3.43. The van der Waals surface area contributed by atoms with Crippen molar-refractivity contribution in [1.29, 1.82) is 0 Å². The van der Waals surface area contributed by atoms with Crippen LogP contribution >= 0.6 is 11.6 Å². The van der Waals surface area contributed by atoms with Crippen molar-refractivity contribution in [2.24, 2.45) is 0 Å². The summed E-state index contributed by atoms with van der Waals surface area (Å²) in [5.41, 5.74) is 2.26. The minimum Gasteiger partial charge on any atom is -0.494 e. The summed E-state index contributed by atoms with van der Waals surface area (Å²) in [7, 11) is 0. The van der Waals surface area contributed by atoms with E-state index in [0.717, 1.165) is 35.6 Å². The smallest absolute Gasteiger partial charge is 0.122 e. The van der Waals surface area contributed by atoms with Gasteiger partial charge in [-0.15, -0.1) is 0 Å². The van der Waals surface area contributed by atoms with Crippen molar-refractivity contribution in [1.82, 2.24) is 0 Å². The molecule has 1 heterocycles. The van der Waals surface area contributed by atoms with Gasteiger partial charge in [0.25, 0.3) is 0 Å². The maximum Gasteiger partial charge on any atom is 0.122 e. The summed E-state index contributed by atoms with van der Waals surface area (Å²) >= 11 is 6.19. The van der Waals surface area contributed by atoms with Crippen molar-refractivity contribution < 1.29 is 9.47 Å². The molecule has 1 fully saturated rings. The van der Waals surface area contributed by atoms with Gasteiger partial charge in [0.05, 0.1) is 18.8 Å². The lowest BCUT2D eigenvalue weighted by molar-refractivity contribution is 0.333. The van der Waals surface area contributed by atoms with Crippen LogP contribution in [0.2, 0.25) is 5.02 Å². The van der Waals surface area contributed by atoms with Crippen LogP contribution in [0.25, 0.3) is 0 Å². The van der Waals surface area contributed by atoms with E-state index >= 15 is 0 Å². The van der Waals surface area contributed by atoms with Crippen molar-refractivity contribution in [3.63, 3.8) is 0 Å². The first kappa shape index (κ1) is 13.7. The third kappa shape index (κ3) is 3.18. The number of epoxide rings is 1. The zero-order chi connectivity index (χ0) is 13.1. The highest BCUT2D eigenvalue weighted by Crippen LogP contribution is 2.32. The van der Waals surface area contributed by atoms with E-state index in [1.54, 1.807) is 0 Å². The van der Waals surface area contributed by atoms with Crippen LogP contribution in [0.1, 0.15) is 37.8 Å². The van der Waals surface area contributed by atoms with E-state index in [1.165, 1.54) is 5.56 Å². The van der Waals surface area contributed by atoms with Crippen LogP contribution in [0.15, 0.2) is 12.1 Å². The van der Waals surface area contributed by atoms with Gasteiger partial charge >= 0.3 is 0 Å². The van der Waals surface area contributed by atoms with Crippen LogP contribution in [-0.2, 0) is 11.2 Å². The van der Waals surface area contributed by atoms with Gasteiger partial charge in [0.1, 0.15) is 5.75 Å². The average molecular weight is 269 g/mol. The first-order chi connectivity index (χ1) is 8.65. The summed E-state index contributed by atoms with van der Waals surface area (Å²) in [6.07, 6.45) is 4.04. The van der Waals surface area contributed by atoms with E-state index in [4.69, 9.17) is 21.1 Å². The Labute approximate surface area is 114 Å². The SMILES string of the molecule is CCOc1cc(C)c(Cl)cc1CCC1OC1CC. The van der Waals surface area contributed by atoms with E-state index in [-0.39, 0.29) is 0 Å². The molecule has 0 radical (unpaired) electrons. The van der Waals surface area contributed by atoms with E-state index < -0.39 is 0 Å². The Morgan fingerprint density at radius 3 is 2.67 bits per heavy atom. The van der Waals surface area contributed by atoms with E-state index in [2.05, 4.69) is 6.92 Å². The number of benzene rings is 1. The Bertz CT molecular complexity index is 417. The second kappa shape index (κ2) is 5.94. The normalized spacial score (nSPS) is 22.0. The molecular weight excluding hydrogens is 248 g/mol. The highest BCUT2D eigenvalue weighted by atomic mass is 35.5. The molecule has 0 bridgehead atoms. The van der Waals surface area contributed by atoms with Gasteiger partial charge in [-0.05, 0) is 56.4 Å². The molecular formula is C15H21ClO2. The molecule has 3 heteroatoms. The molecule has 0 amide bonds. The summed E-state index contributed by atoms with van der Waals surface area (Å²) in [4.78, 5) is 0. The number of halogens is 1. The van der Waals surface area contributed by atoms with Crippen molar-refractivity contribution in [2.45, 2.75) is 52.2 Å². The van der Waals surface area contributed by atoms with Crippen LogP contribution in [-0.4, -0.2) is 18.8 Å². The van der Waals surface area contributed by atoms with Gasteiger partial charge in [0.2, 0.25) is 0 Å². The maximum atomic E-state index is 6.19. The second-order valence-corrected chi connectivity index (χ2v) is 5.21. The molecule has 2 atom stereocenters. The summed E-state index contributed by atoms with van der Waals surface area (Å²) in [6.45, 7) is 6.86. The summed E-state index contributed by atoms with van der Waals surface area (Å²) in [5.74, 6) is 0.966. The Kier molecular flexibility index (Phi) is 4.52. The molecule has 1 aliphatic heterocycles. The molecule has 2 unspecified atom stereocenters. The molecule has 0 saturated carbocycles. The predicted octanol–water partition coefficient (Wildman–Crippen LogP) is 4.16. The van der Waals surface area contributed by atoms with Gasteiger partial charge in [-0.1, -0.05) is 18.5 Å². The molecule has 1 aromatic carbocycles. The molecule has 2 nitrogen and oxygen atoms in total. The molecule has 0 spiro atoms. The van der Waals surface area contributed by atoms with E-state index in [0.29, 0.717) is 18.8 Å². The van der Waals surface area contributed by atoms with Gasteiger partial charge in [-0.3, -0.25) is 0 Å². The first-order valence-corrected chi connectivity index (χ1v) is 7.10. The predicted molar refractivity (Wildman–Crippen MR) is 74.6 cm³/mol. The van der Waals surface area contributed by atoms with E-state index in [1.807, 2.05) is 26.0 Å². The minimum absolute atomic E-state index is 0.435. The van der Waals surface area contributed by atoms with Crippen LogP contribution in [0.3, 0.4) is 0 Å². The molecule has 0 aromatic heterocycles. The minimum atomic E-state index is 0.435. The lowest BCUT2D eigenvalue weighted by atomic mass is 10.0. The lowest BCUT2D eigenvalue weighted by Gasteiger charge is -2.12. The van der Waals surface area contributed by atoms with Gasteiger partial charge in [0, 0.05) is 5.02 Å².